The van der Waals surface area contributed by atoms with Crippen molar-refractivity contribution >= 4 is 11.6 Å². The summed E-state index contributed by atoms with van der Waals surface area (Å²) >= 11 is 0. The second kappa shape index (κ2) is 40.4. The van der Waals surface area contributed by atoms with Gasteiger partial charge in [-0.1, -0.05) is 192 Å². The van der Waals surface area contributed by atoms with Crippen LogP contribution >= 0.6 is 0 Å². The molecule has 2 aromatic carbocycles. The average molecular weight is 1390 g/mol. The van der Waals surface area contributed by atoms with Crippen LogP contribution in [0, 0.1) is 20.8 Å². The molecular weight excluding hydrogens is 1250 g/mol. The van der Waals surface area contributed by atoms with E-state index < -0.39 is 11.7 Å². The second-order valence-electron chi connectivity index (χ2n) is 32.5. The summed E-state index contributed by atoms with van der Waals surface area (Å²) in [5.41, 5.74) is 11.5. The molecule has 0 saturated carbocycles. The number of aromatic nitrogens is 5. The molecule has 9 rings (SSSR count). The third kappa shape index (κ3) is 30.9. The Labute approximate surface area is 607 Å². The summed E-state index contributed by atoms with van der Waals surface area (Å²) in [7, 11) is 6.78. The molecule has 11 nitrogen and oxygen atoms in total. The maximum Gasteiger partial charge on any atom is 0.419 e. The zero-order valence-electron chi connectivity index (χ0n) is 65.0. The number of anilines is 2. The lowest BCUT2D eigenvalue weighted by Crippen LogP contribution is -2.32. The van der Waals surface area contributed by atoms with Gasteiger partial charge < -0.3 is 28.7 Å². The summed E-state index contributed by atoms with van der Waals surface area (Å²) in [6.07, 6.45) is 15.6. The van der Waals surface area contributed by atoms with Gasteiger partial charge in [0.25, 0.3) is 0 Å². The monoisotopic (exact) mass is 1390 g/mol. The predicted molar refractivity (Wildman–Crippen MR) is 423 cm³/mol. The van der Waals surface area contributed by atoms with Crippen molar-refractivity contribution in [1.29, 1.82) is 0 Å². The van der Waals surface area contributed by atoms with E-state index in [-0.39, 0.29) is 66.0 Å². The van der Waals surface area contributed by atoms with Gasteiger partial charge in [-0.05, 0) is 191 Å². The van der Waals surface area contributed by atoms with Gasteiger partial charge in [0.2, 0.25) is 0 Å². The van der Waals surface area contributed by atoms with Crippen LogP contribution in [0.15, 0.2) is 122 Å². The van der Waals surface area contributed by atoms with Crippen LogP contribution in [-0.2, 0) is 44.1 Å². The molecule has 2 aliphatic rings. The summed E-state index contributed by atoms with van der Waals surface area (Å²) in [5.74, 6) is 4.86. The molecule has 0 bridgehead atoms. The normalized spacial score (nSPS) is 13.3. The van der Waals surface area contributed by atoms with Crippen LogP contribution in [0.3, 0.4) is 0 Å². The smallest absolute Gasteiger partial charge is 0.419 e. The van der Waals surface area contributed by atoms with Crippen LogP contribution < -0.4 is 28.7 Å². The van der Waals surface area contributed by atoms with Gasteiger partial charge in [-0.25, -0.2) is 9.97 Å². The third-order valence-electron chi connectivity index (χ3n) is 17.0. The fourth-order valence-corrected chi connectivity index (χ4v) is 10.3. The van der Waals surface area contributed by atoms with E-state index in [4.69, 9.17) is 18.9 Å². The summed E-state index contributed by atoms with van der Waals surface area (Å²) in [5, 5.41) is 0. The lowest BCUT2D eigenvalue weighted by atomic mass is 9.85. The highest BCUT2D eigenvalue weighted by atomic mass is 19.4. The van der Waals surface area contributed by atoms with Crippen molar-refractivity contribution in [3.63, 3.8) is 0 Å². The first-order valence-corrected chi connectivity index (χ1v) is 34.5. The molecule has 2 fully saturated rings. The Morgan fingerprint density at radius 1 is 0.350 bits per heavy atom. The number of alkyl halides is 3. The number of piperidine rings is 2. The molecule has 0 amide bonds. The average Bonchev–Trinajstić information content (AvgIpc) is 0.795. The first-order valence-electron chi connectivity index (χ1n) is 34.5. The minimum absolute atomic E-state index is 0. The number of methoxy groups -OCH3 is 4. The van der Waals surface area contributed by atoms with E-state index in [9.17, 15) is 13.2 Å². The summed E-state index contributed by atoms with van der Waals surface area (Å²) in [6, 6.07) is 26.3. The molecule has 2 saturated heterocycles. The van der Waals surface area contributed by atoms with E-state index >= 15 is 0 Å². The lowest BCUT2D eigenvalue weighted by molar-refractivity contribution is -0.137. The first-order chi connectivity index (χ1) is 44.8. The SMILES string of the molecule is C.C.C.CC(C)(C)c1ccc(N2CCCCC2)nc1.CC(C)(C)c1cccnc1.CC(C)(C)c1cccnc1.CC(C)(C)c1cnc(N2CCCCC2)c(C(F)(F)F)c1.COc1cc(C(C)(C)C)c(OC)cc1C.COc1cc(C(C)(C)C)cc(OC)c1C.Cc1ccc(C(C)(C)C)cn1. The molecule has 0 atom stereocenters. The van der Waals surface area contributed by atoms with Crippen LogP contribution in [0.1, 0.15) is 268 Å². The van der Waals surface area contributed by atoms with Crippen LogP contribution in [0.5, 0.6) is 23.0 Å². The number of nitrogens with zero attached hydrogens (tertiary/aromatic N) is 7. The lowest BCUT2D eigenvalue weighted by Gasteiger charge is -2.31. The van der Waals surface area contributed by atoms with Gasteiger partial charge in [-0.2, -0.15) is 13.2 Å². The van der Waals surface area contributed by atoms with Crippen LogP contribution in [-0.4, -0.2) is 79.5 Å². The van der Waals surface area contributed by atoms with E-state index in [1.54, 1.807) is 51.9 Å². The second-order valence-corrected chi connectivity index (χ2v) is 32.5. The standard InChI is InChI=1S/C15H21F3N2.C14H22N2.2C13H20O2.C10H15N.2C9H13N.3CH4/c1-14(2,3)11-9-12(15(16,17)18)13(19-10-11)20-7-5-4-6-8-20;1-14(2,3)12-7-8-13(15-11-12)16-9-5-4-6-10-16;1-9-11(14-5)7-10(13(2,3)4)8-12(9)15-6;1-9-7-12(15-6)10(13(2,3)4)8-11(9)14-5;1-8-5-6-9(7-11-8)10(2,3)4;2*1-9(2,3)8-5-4-6-10-7-8;;;/h9-10H,4-8H2,1-3H3;7-8,11H,4-6,9-10H2,1-3H3;2*7-8H,1-6H3;5-7H,1-4H3;2*4-7H,1-3H3;3*1H4. The van der Waals surface area contributed by atoms with Gasteiger partial charge >= 0.3 is 6.18 Å². The molecule has 100 heavy (non-hydrogen) atoms. The minimum atomic E-state index is -4.36. The van der Waals surface area contributed by atoms with Gasteiger partial charge in [0.1, 0.15) is 34.6 Å². The number of hydrogen-bond acceptors (Lipinski definition) is 11. The van der Waals surface area contributed by atoms with Gasteiger partial charge in [0, 0.05) is 86.4 Å². The maximum absolute atomic E-state index is 13.3. The molecule has 5 aromatic heterocycles. The van der Waals surface area contributed by atoms with Crippen LogP contribution in [0.25, 0.3) is 0 Å². The quantitative estimate of drug-likeness (QED) is 0.159. The van der Waals surface area contributed by atoms with Crippen molar-refractivity contribution in [1.82, 2.24) is 24.9 Å². The molecular formula is C86H136F3N7O4. The van der Waals surface area contributed by atoms with Gasteiger partial charge in [0.15, 0.2) is 0 Å². The van der Waals surface area contributed by atoms with E-state index in [0.717, 1.165) is 64.9 Å². The van der Waals surface area contributed by atoms with Crippen LogP contribution in [0.2, 0.25) is 0 Å². The fraction of sp³-hybridized carbons (Fsp3) is 0.570. The number of benzene rings is 2. The molecule has 0 radical (unpaired) electrons. The van der Waals surface area contributed by atoms with Crippen molar-refractivity contribution in [3.05, 3.63) is 184 Å². The summed E-state index contributed by atoms with van der Waals surface area (Å²) in [4.78, 5) is 25.2. The Balaban J connectivity index is 0.00000115. The van der Waals surface area contributed by atoms with Gasteiger partial charge in [-0.3, -0.25) is 15.0 Å². The molecule has 0 spiro atoms. The number of halogens is 3. The van der Waals surface area contributed by atoms with E-state index in [0.29, 0.717) is 18.7 Å². The number of ether oxygens (including phenoxy) is 4. The van der Waals surface area contributed by atoms with Crippen molar-refractivity contribution < 1.29 is 32.1 Å². The number of aryl methyl sites for hydroxylation is 2. The number of pyridine rings is 5. The van der Waals surface area contributed by atoms with E-state index in [1.165, 1.54) is 71.8 Å². The van der Waals surface area contributed by atoms with Crippen molar-refractivity contribution in [2.24, 2.45) is 0 Å². The molecule has 560 valence electrons. The Morgan fingerprint density at radius 3 is 1.05 bits per heavy atom. The number of rotatable bonds is 6. The molecule has 14 heteroatoms. The van der Waals surface area contributed by atoms with Gasteiger partial charge in [0.05, 0.1) is 34.0 Å². The molecule has 7 heterocycles. The maximum atomic E-state index is 13.3. The van der Waals surface area contributed by atoms with E-state index in [1.807, 2.05) is 84.5 Å². The molecule has 7 aromatic rings. The Kier molecular flexibility index (Phi) is 37.5. The molecule has 0 unspecified atom stereocenters. The largest absolute Gasteiger partial charge is 0.496 e. The predicted octanol–water partition coefficient (Wildman–Crippen LogP) is 23.7. The fourth-order valence-electron chi connectivity index (χ4n) is 10.3. The highest BCUT2D eigenvalue weighted by Crippen LogP contribution is 2.40. The molecule has 2 aliphatic heterocycles. The zero-order valence-corrected chi connectivity index (χ0v) is 65.0. The summed E-state index contributed by atoms with van der Waals surface area (Å²) < 4.78 is 61.3. The molecule has 0 N–H and O–H groups in total. The topological polar surface area (TPSA) is 108 Å². The van der Waals surface area contributed by atoms with Crippen molar-refractivity contribution in [3.8, 4) is 23.0 Å². The van der Waals surface area contributed by atoms with Crippen molar-refractivity contribution in [2.45, 2.75) is 271 Å². The minimum Gasteiger partial charge on any atom is -0.496 e. The van der Waals surface area contributed by atoms with Crippen molar-refractivity contribution in [2.75, 3.05) is 64.4 Å². The Bertz CT molecular complexity index is 3330. The van der Waals surface area contributed by atoms with Gasteiger partial charge in [-0.15, -0.1) is 0 Å². The summed E-state index contributed by atoms with van der Waals surface area (Å²) in [6.45, 7) is 54.8. The Hall–Kier alpha value is -7.22. The first kappa shape index (κ1) is 92.8. The third-order valence-corrected chi connectivity index (χ3v) is 17.0. The van der Waals surface area contributed by atoms with E-state index in [2.05, 4.69) is 209 Å². The molecule has 0 aliphatic carbocycles. The highest BCUT2D eigenvalue weighted by molar-refractivity contribution is 5.52. The van der Waals surface area contributed by atoms with Crippen LogP contribution in [0.4, 0.5) is 24.8 Å². The zero-order chi connectivity index (χ0) is 73.5. The highest BCUT2D eigenvalue weighted by Gasteiger charge is 2.37. The Morgan fingerprint density at radius 2 is 0.730 bits per heavy atom. The number of hydrogen-bond donors (Lipinski definition) is 0.